The van der Waals surface area contributed by atoms with E-state index < -0.39 is 11.9 Å². The molecule has 20 heavy (non-hydrogen) atoms. The quantitative estimate of drug-likeness (QED) is 0.253. The highest BCUT2D eigenvalue weighted by Crippen LogP contribution is 2.15. The molecule has 2 atom stereocenters. The molecule has 0 aliphatic rings. The second-order valence-corrected chi connectivity index (χ2v) is 5.02. The second kappa shape index (κ2) is 7.49. The average Bonchev–Trinajstić information content (AvgIpc) is 2.43. The van der Waals surface area contributed by atoms with Crippen LogP contribution in [0.4, 0.5) is 0 Å². The molecule has 0 heterocycles. The smallest absolute Gasteiger partial charge is 0.234 e. The third-order valence-corrected chi connectivity index (χ3v) is 3.19. The van der Waals surface area contributed by atoms with Crippen LogP contribution in [0, 0.1) is 5.92 Å². The standard InChI is InChI=1S/C14H22N4O2/c1-9(2)12(14(16)19)17-8-11(13(15)18-20)10-6-4-3-5-7-10/h3-7,9,11-12,17,20H,8H2,1-2H3,(H2,15,18)(H2,16,19). The van der Waals surface area contributed by atoms with Gasteiger partial charge in [0.15, 0.2) is 0 Å². The molecule has 6 N–H and O–H groups in total. The lowest BCUT2D eigenvalue weighted by atomic mass is 9.96. The van der Waals surface area contributed by atoms with Crippen LogP contribution >= 0.6 is 0 Å². The molecule has 0 aliphatic heterocycles. The first kappa shape index (κ1) is 16.0. The highest BCUT2D eigenvalue weighted by atomic mass is 16.4. The predicted octanol–water partition coefficient (Wildman–Crippen LogP) is 0.616. The van der Waals surface area contributed by atoms with Gasteiger partial charge in [0, 0.05) is 6.54 Å². The molecule has 6 nitrogen and oxygen atoms in total. The van der Waals surface area contributed by atoms with Crippen molar-refractivity contribution in [1.82, 2.24) is 5.32 Å². The van der Waals surface area contributed by atoms with Crippen molar-refractivity contribution in [2.24, 2.45) is 22.5 Å². The Morgan fingerprint density at radius 2 is 1.90 bits per heavy atom. The summed E-state index contributed by atoms with van der Waals surface area (Å²) in [5, 5.41) is 15.1. The Hall–Kier alpha value is -2.08. The number of carbonyl (C=O) groups excluding carboxylic acids is 1. The highest BCUT2D eigenvalue weighted by molar-refractivity contribution is 5.87. The fourth-order valence-electron chi connectivity index (χ4n) is 2.06. The van der Waals surface area contributed by atoms with Gasteiger partial charge >= 0.3 is 0 Å². The lowest BCUT2D eigenvalue weighted by molar-refractivity contribution is -0.121. The summed E-state index contributed by atoms with van der Waals surface area (Å²) in [6, 6.07) is 8.97. The Balaban J connectivity index is 2.84. The topological polar surface area (TPSA) is 114 Å². The maximum atomic E-state index is 11.4. The van der Waals surface area contributed by atoms with Gasteiger partial charge in [-0.25, -0.2) is 0 Å². The summed E-state index contributed by atoms with van der Waals surface area (Å²) in [6.07, 6.45) is 0. The number of hydrogen-bond acceptors (Lipinski definition) is 4. The molecule has 2 unspecified atom stereocenters. The first-order chi connectivity index (χ1) is 9.47. The summed E-state index contributed by atoms with van der Waals surface area (Å²) in [6.45, 7) is 4.18. The zero-order valence-corrected chi connectivity index (χ0v) is 11.8. The molecule has 0 fully saturated rings. The van der Waals surface area contributed by atoms with Crippen molar-refractivity contribution in [3.8, 4) is 0 Å². The van der Waals surface area contributed by atoms with Crippen LogP contribution in [0.5, 0.6) is 0 Å². The number of nitrogens with zero attached hydrogens (tertiary/aromatic N) is 1. The van der Waals surface area contributed by atoms with E-state index in [-0.39, 0.29) is 17.7 Å². The Morgan fingerprint density at radius 1 is 1.30 bits per heavy atom. The third kappa shape index (κ3) is 4.24. The van der Waals surface area contributed by atoms with Gasteiger partial charge in [0.2, 0.25) is 5.91 Å². The van der Waals surface area contributed by atoms with Crippen LogP contribution < -0.4 is 16.8 Å². The summed E-state index contributed by atoms with van der Waals surface area (Å²) in [5.74, 6) is -0.569. The molecule has 0 bridgehead atoms. The Kier molecular flexibility index (Phi) is 5.99. The van der Waals surface area contributed by atoms with Crippen LogP contribution in [-0.2, 0) is 4.79 Å². The van der Waals surface area contributed by atoms with Crippen molar-refractivity contribution >= 4 is 11.7 Å². The third-order valence-electron chi connectivity index (χ3n) is 3.19. The van der Waals surface area contributed by atoms with Gasteiger partial charge < -0.3 is 22.0 Å². The summed E-state index contributed by atoms with van der Waals surface area (Å²) < 4.78 is 0. The van der Waals surface area contributed by atoms with Crippen LogP contribution in [0.2, 0.25) is 0 Å². The number of nitrogens with one attached hydrogen (secondary N) is 1. The molecule has 0 saturated carbocycles. The van der Waals surface area contributed by atoms with E-state index in [0.717, 1.165) is 5.56 Å². The lowest BCUT2D eigenvalue weighted by Crippen LogP contribution is -2.47. The Morgan fingerprint density at radius 3 is 2.35 bits per heavy atom. The van der Waals surface area contributed by atoms with Gasteiger partial charge in [0.25, 0.3) is 0 Å². The number of carbonyl (C=O) groups is 1. The molecule has 0 aromatic heterocycles. The van der Waals surface area contributed by atoms with E-state index in [0.29, 0.717) is 6.54 Å². The van der Waals surface area contributed by atoms with Crippen molar-refractivity contribution in [1.29, 1.82) is 0 Å². The zero-order chi connectivity index (χ0) is 15.1. The van der Waals surface area contributed by atoms with Crippen LogP contribution in [0.3, 0.4) is 0 Å². The van der Waals surface area contributed by atoms with Gasteiger partial charge in [-0.1, -0.05) is 49.3 Å². The maximum Gasteiger partial charge on any atom is 0.234 e. The number of primary amides is 1. The van der Waals surface area contributed by atoms with E-state index >= 15 is 0 Å². The largest absolute Gasteiger partial charge is 0.409 e. The number of benzene rings is 1. The number of rotatable bonds is 7. The molecule has 1 rings (SSSR count). The molecule has 6 heteroatoms. The molecular formula is C14H22N4O2. The average molecular weight is 278 g/mol. The highest BCUT2D eigenvalue weighted by Gasteiger charge is 2.23. The number of amides is 1. The second-order valence-electron chi connectivity index (χ2n) is 5.02. The minimum Gasteiger partial charge on any atom is -0.409 e. The van der Waals surface area contributed by atoms with Gasteiger partial charge in [0.05, 0.1) is 12.0 Å². The van der Waals surface area contributed by atoms with Gasteiger partial charge in [-0.3, -0.25) is 4.79 Å². The molecule has 0 aliphatic carbocycles. The molecular weight excluding hydrogens is 256 g/mol. The number of nitrogens with two attached hydrogens (primary N) is 2. The summed E-state index contributed by atoms with van der Waals surface area (Å²) in [4.78, 5) is 11.4. The van der Waals surface area contributed by atoms with Crippen LogP contribution in [-0.4, -0.2) is 29.5 Å². The van der Waals surface area contributed by atoms with Crippen molar-refractivity contribution in [2.75, 3.05) is 6.54 Å². The molecule has 0 spiro atoms. The van der Waals surface area contributed by atoms with E-state index in [1.54, 1.807) is 0 Å². The predicted molar refractivity (Wildman–Crippen MR) is 78.4 cm³/mol. The fourth-order valence-corrected chi connectivity index (χ4v) is 2.06. The van der Waals surface area contributed by atoms with Crippen molar-refractivity contribution in [2.45, 2.75) is 25.8 Å². The minimum absolute atomic E-state index is 0.0659. The molecule has 1 amide bonds. The first-order valence-electron chi connectivity index (χ1n) is 6.52. The molecule has 1 aromatic carbocycles. The minimum atomic E-state index is -0.451. The first-order valence-corrected chi connectivity index (χ1v) is 6.52. The van der Waals surface area contributed by atoms with Gasteiger partial charge in [-0.15, -0.1) is 0 Å². The van der Waals surface area contributed by atoms with E-state index in [1.165, 1.54) is 0 Å². The Labute approximate surface area is 118 Å². The van der Waals surface area contributed by atoms with Crippen molar-refractivity contribution < 1.29 is 10.0 Å². The van der Waals surface area contributed by atoms with Gasteiger partial charge in [-0.2, -0.15) is 0 Å². The summed E-state index contributed by atoms with van der Waals surface area (Å²) in [7, 11) is 0. The SMILES string of the molecule is CC(C)C(NCC(/C(N)=N/O)c1ccccc1)C(N)=O. The van der Waals surface area contributed by atoms with E-state index in [2.05, 4.69) is 10.5 Å². The van der Waals surface area contributed by atoms with E-state index in [4.69, 9.17) is 16.7 Å². The van der Waals surface area contributed by atoms with Gasteiger partial charge in [-0.05, 0) is 11.5 Å². The summed E-state index contributed by atoms with van der Waals surface area (Å²) in [5.41, 5.74) is 12.0. The zero-order valence-electron chi connectivity index (χ0n) is 11.8. The molecule has 1 aromatic rings. The Bertz CT molecular complexity index is 460. The van der Waals surface area contributed by atoms with Crippen molar-refractivity contribution in [3.05, 3.63) is 35.9 Å². The molecule has 0 saturated heterocycles. The van der Waals surface area contributed by atoms with Crippen LogP contribution in [0.15, 0.2) is 35.5 Å². The fraction of sp³-hybridized carbons (Fsp3) is 0.429. The van der Waals surface area contributed by atoms with Gasteiger partial charge in [0.1, 0.15) is 5.84 Å². The summed E-state index contributed by atoms with van der Waals surface area (Å²) >= 11 is 0. The molecule has 0 radical (unpaired) electrons. The lowest BCUT2D eigenvalue weighted by Gasteiger charge is -2.23. The number of hydrogen-bond donors (Lipinski definition) is 4. The molecule has 110 valence electrons. The van der Waals surface area contributed by atoms with E-state index in [9.17, 15) is 4.79 Å². The maximum absolute atomic E-state index is 11.4. The van der Waals surface area contributed by atoms with E-state index in [1.807, 2.05) is 44.2 Å². The monoisotopic (exact) mass is 278 g/mol. The number of amidine groups is 1. The van der Waals surface area contributed by atoms with Crippen LogP contribution in [0.1, 0.15) is 25.3 Å². The van der Waals surface area contributed by atoms with Crippen LogP contribution in [0.25, 0.3) is 0 Å². The normalized spacial score (nSPS) is 15.1. The number of oxime groups is 1. The van der Waals surface area contributed by atoms with Crippen molar-refractivity contribution in [3.63, 3.8) is 0 Å².